The van der Waals surface area contributed by atoms with Gasteiger partial charge in [-0.15, -0.1) is 0 Å². The minimum Gasteiger partial charge on any atom is -0.465 e. The molecule has 0 bridgehead atoms. The Morgan fingerprint density at radius 1 is 1.44 bits per heavy atom. The van der Waals surface area contributed by atoms with E-state index in [0.717, 1.165) is 12.8 Å². The van der Waals surface area contributed by atoms with Gasteiger partial charge >= 0.3 is 13.8 Å². The molecule has 8 heteroatoms. The number of phosphoric acid groups is 1. The molecule has 0 saturated heterocycles. The lowest BCUT2D eigenvalue weighted by Crippen LogP contribution is -2.33. The molecule has 0 aliphatic heterocycles. The standard InChI is InChI=1S/C8H18NO6P/c1-2-3-5-14-8(10)7(9)4-6-15-16(11,12)13/h7H,2-6,9H2,1H3,(H2,11,12,13)/t7-/m0/s1. The molecule has 0 radical (unpaired) electrons. The van der Waals surface area contributed by atoms with E-state index in [-0.39, 0.29) is 13.0 Å². The predicted octanol–water partition coefficient (Wildman–Crippen LogP) is 0.156. The van der Waals surface area contributed by atoms with Crippen molar-refractivity contribution in [2.45, 2.75) is 32.2 Å². The summed E-state index contributed by atoms with van der Waals surface area (Å²) in [5.41, 5.74) is 5.42. The molecular weight excluding hydrogens is 237 g/mol. The van der Waals surface area contributed by atoms with Crippen molar-refractivity contribution < 1.29 is 28.4 Å². The third kappa shape index (κ3) is 8.82. The first-order chi connectivity index (χ1) is 7.37. The molecule has 0 aromatic rings. The Morgan fingerprint density at radius 2 is 2.06 bits per heavy atom. The van der Waals surface area contributed by atoms with Crippen molar-refractivity contribution in [2.75, 3.05) is 13.2 Å². The van der Waals surface area contributed by atoms with Crippen molar-refractivity contribution in [1.82, 2.24) is 0 Å². The first-order valence-corrected chi connectivity index (χ1v) is 6.52. The number of carbonyl (C=O) groups is 1. The maximum Gasteiger partial charge on any atom is 0.469 e. The molecule has 0 amide bonds. The summed E-state index contributed by atoms with van der Waals surface area (Å²) < 4.78 is 19.3. The van der Waals surface area contributed by atoms with E-state index in [1.807, 2.05) is 6.92 Å². The van der Waals surface area contributed by atoms with Gasteiger partial charge in [-0.1, -0.05) is 13.3 Å². The van der Waals surface area contributed by atoms with Crippen molar-refractivity contribution in [1.29, 1.82) is 0 Å². The molecule has 0 rings (SSSR count). The Morgan fingerprint density at radius 3 is 2.56 bits per heavy atom. The van der Waals surface area contributed by atoms with Crippen LogP contribution in [0.4, 0.5) is 0 Å². The Bertz CT molecular complexity index is 253. The summed E-state index contributed by atoms with van der Waals surface area (Å²) in [6.07, 6.45) is 1.68. The van der Waals surface area contributed by atoms with Crippen LogP contribution in [0.5, 0.6) is 0 Å². The summed E-state index contributed by atoms with van der Waals surface area (Å²) in [5, 5.41) is 0. The summed E-state index contributed by atoms with van der Waals surface area (Å²) in [5.74, 6) is -0.581. The van der Waals surface area contributed by atoms with Crippen LogP contribution in [-0.4, -0.2) is 35.0 Å². The smallest absolute Gasteiger partial charge is 0.465 e. The molecule has 0 saturated carbocycles. The summed E-state index contributed by atoms with van der Waals surface area (Å²) in [6, 6.07) is -0.914. The zero-order valence-electron chi connectivity index (χ0n) is 9.16. The van der Waals surface area contributed by atoms with Gasteiger partial charge in [-0.3, -0.25) is 9.32 Å². The molecule has 16 heavy (non-hydrogen) atoms. The molecule has 0 unspecified atom stereocenters. The van der Waals surface area contributed by atoms with Crippen molar-refractivity contribution >= 4 is 13.8 Å². The van der Waals surface area contributed by atoms with E-state index in [4.69, 9.17) is 20.3 Å². The highest BCUT2D eigenvalue weighted by molar-refractivity contribution is 7.46. The average Bonchev–Trinajstić information content (AvgIpc) is 2.15. The molecule has 7 nitrogen and oxygen atoms in total. The lowest BCUT2D eigenvalue weighted by atomic mass is 10.2. The average molecular weight is 255 g/mol. The number of esters is 1. The van der Waals surface area contributed by atoms with Crippen molar-refractivity contribution in [3.8, 4) is 0 Å². The fourth-order valence-corrected chi connectivity index (χ4v) is 1.18. The van der Waals surface area contributed by atoms with Crippen molar-refractivity contribution in [2.24, 2.45) is 5.73 Å². The van der Waals surface area contributed by atoms with E-state index in [0.29, 0.717) is 6.61 Å². The van der Waals surface area contributed by atoms with Gasteiger partial charge in [0.15, 0.2) is 0 Å². The zero-order chi connectivity index (χ0) is 12.6. The van der Waals surface area contributed by atoms with E-state index >= 15 is 0 Å². The van der Waals surface area contributed by atoms with Gasteiger partial charge < -0.3 is 20.3 Å². The quantitative estimate of drug-likeness (QED) is 0.321. The zero-order valence-corrected chi connectivity index (χ0v) is 10.1. The van der Waals surface area contributed by atoms with Gasteiger partial charge in [-0.05, 0) is 12.8 Å². The second kappa shape index (κ2) is 7.76. The maximum absolute atomic E-state index is 11.2. The molecular formula is C8H18NO6P. The second-order valence-corrected chi connectivity index (χ2v) is 4.48. The van der Waals surface area contributed by atoms with E-state index in [1.165, 1.54) is 0 Å². The third-order valence-corrected chi connectivity index (χ3v) is 2.25. The van der Waals surface area contributed by atoms with Crippen LogP contribution in [0, 0.1) is 0 Å². The number of nitrogens with two attached hydrogens (primary N) is 1. The van der Waals surface area contributed by atoms with Crippen LogP contribution >= 0.6 is 7.82 Å². The molecule has 0 aliphatic carbocycles. The molecule has 0 spiro atoms. The fourth-order valence-electron chi connectivity index (χ4n) is 0.841. The van der Waals surface area contributed by atoms with Gasteiger partial charge in [-0.25, -0.2) is 4.57 Å². The van der Waals surface area contributed by atoms with E-state index in [2.05, 4.69) is 4.52 Å². The molecule has 0 aromatic heterocycles. The third-order valence-electron chi connectivity index (χ3n) is 1.73. The normalized spacial score (nSPS) is 13.5. The highest BCUT2D eigenvalue weighted by Gasteiger charge is 2.18. The molecule has 0 heterocycles. The highest BCUT2D eigenvalue weighted by atomic mass is 31.2. The van der Waals surface area contributed by atoms with Crippen LogP contribution in [0.2, 0.25) is 0 Å². The maximum atomic E-state index is 11.2. The molecule has 96 valence electrons. The second-order valence-electron chi connectivity index (χ2n) is 3.24. The van der Waals surface area contributed by atoms with Gasteiger partial charge in [0.1, 0.15) is 6.04 Å². The van der Waals surface area contributed by atoms with Crippen LogP contribution < -0.4 is 5.73 Å². The van der Waals surface area contributed by atoms with E-state index in [9.17, 15) is 9.36 Å². The van der Waals surface area contributed by atoms with E-state index < -0.39 is 19.8 Å². The van der Waals surface area contributed by atoms with Crippen LogP contribution in [0.3, 0.4) is 0 Å². The molecule has 0 aliphatic rings. The van der Waals surface area contributed by atoms with Crippen LogP contribution in [0.15, 0.2) is 0 Å². The van der Waals surface area contributed by atoms with Crippen LogP contribution in [0.1, 0.15) is 26.2 Å². The fraction of sp³-hybridized carbons (Fsp3) is 0.875. The number of hydrogen-bond acceptors (Lipinski definition) is 5. The lowest BCUT2D eigenvalue weighted by molar-refractivity contribution is -0.145. The number of carbonyl (C=O) groups excluding carboxylic acids is 1. The molecule has 1 atom stereocenters. The monoisotopic (exact) mass is 255 g/mol. The summed E-state index contributed by atoms with van der Waals surface area (Å²) in [4.78, 5) is 27.9. The van der Waals surface area contributed by atoms with Gasteiger partial charge in [-0.2, -0.15) is 0 Å². The first-order valence-electron chi connectivity index (χ1n) is 4.99. The SMILES string of the molecule is CCCCOC(=O)[C@@H](N)CCOP(=O)(O)O. The Hall–Kier alpha value is -0.460. The molecule has 0 fully saturated rings. The number of ether oxygens (including phenoxy) is 1. The Balaban J connectivity index is 3.67. The molecule has 4 N–H and O–H groups in total. The topological polar surface area (TPSA) is 119 Å². The molecule has 0 aromatic carbocycles. The largest absolute Gasteiger partial charge is 0.469 e. The van der Waals surface area contributed by atoms with Gasteiger partial charge in [0.05, 0.1) is 13.2 Å². The summed E-state index contributed by atoms with van der Waals surface area (Å²) in [6.45, 7) is 1.98. The minimum absolute atomic E-state index is 0.00999. The summed E-state index contributed by atoms with van der Waals surface area (Å²) >= 11 is 0. The number of hydrogen-bond donors (Lipinski definition) is 3. The van der Waals surface area contributed by atoms with Crippen LogP contribution in [0.25, 0.3) is 0 Å². The van der Waals surface area contributed by atoms with Crippen molar-refractivity contribution in [3.05, 3.63) is 0 Å². The van der Waals surface area contributed by atoms with Gasteiger partial charge in [0.2, 0.25) is 0 Å². The van der Waals surface area contributed by atoms with Crippen LogP contribution in [-0.2, 0) is 18.6 Å². The number of phosphoric ester groups is 1. The Kier molecular flexibility index (Phi) is 7.53. The number of unbranched alkanes of at least 4 members (excludes halogenated alkanes) is 1. The first kappa shape index (κ1) is 15.5. The van der Waals surface area contributed by atoms with Crippen molar-refractivity contribution in [3.63, 3.8) is 0 Å². The highest BCUT2D eigenvalue weighted by Crippen LogP contribution is 2.35. The van der Waals surface area contributed by atoms with Gasteiger partial charge in [0, 0.05) is 0 Å². The Labute approximate surface area is 94.2 Å². The lowest BCUT2D eigenvalue weighted by Gasteiger charge is -2.11. The van der Waals surface area contributed by atoms with Gasteiger partial charge in [0.25, 0.3) is 0 Å². The minimum atomic E-state index is -4.49. The number of rotatable bonds is 8. The summed E-state index contributed by atoms with van der Waals surface area (Å²) in [7, 11) is -4.49. The van der Waals surface area contributed by atoms with E-state index in [1.54, 1.807) is 0 Å². The predicted molar refractivity (Wildman–Crippen MR) is 56.5 cm³/mol.